The summed E-state index contributed by atoms with van der Waals surface area (Å²) in [7, 11) is 0. The molecule has 1 fully saturated rings. The second-order valence-electron chi connectivity index (χ2n) is 6.66. The molecule has 1 aliphatic rings. The van der Waals surface area contributed by atoms with Crippen LogP contribution in [0.4, 0.5) is 4.79 Å². The molecular formula is C21H24N4O4. The maximum atomic E-state index is 12.6. The van der Waals surface area contributed by atoms with Crippen molar-refractivity contribution < 1.29 is 19.2 Å². The van der Waals surface area contributed by atoms with Gasteiger partial charge < -0.3 is 9.47 Å². The predicted molar refractivity (Wildman–Crippen MR) is 109 cm³/mol. The monoisotopic (exact) mass is 396 g/mol. The summed E-state index contributed by atoms with van der Waals surface area (Å²) in [6.45, 7) is 7.09. The summed E-state index contributed by atoms with van der Waals surface area (Å²) in [5.74, 6) is -1.36. The molecule has 0 atom stereocenters. The lowest BCUT2D eigenvalue weighted by molar-refractivity contribution is -0.132. The number of urea groups is 1. The Morgan fingerprint density at radius 2 is 1.79 bits per heavy atom. The topological polar surface area (TPSA) is 91.7 Å². The number of carbonyl (C=O) groups is 4. The summed E-state index contributed by atoms with van der Waals surface area (Å²) in [5, 5.41) is 3.00. The van der Waals surface area contributed by atoms with E-state index in [-0.39, 0.29) is 24.6 Å². The average Bonchev–Trinajstić information content (AvgIpc) is 3.04. The Kier molecular flexibility index (Phi) is 5.81. The Hall–Kier alpha value is -3.42. The number of barbiturate groups is 1. The summed E-state index contributed by atoms with van der Waals surface area (Å²) >= 11 is 0. The normalized spacial score (nSPS) is 15.9. The van der Waals surface area contributed by atoms with E-state index < -0.39 is 17.8 Å². The van der Waals surface area contributed by atoms with Crippen LogP contribution in [-0.4, -0.2) is 57.8 Å². The van der Waals surface area contributed by atoms with Crippen molar-refractivity contribution in [2.45, 2.75) is 27.3 Å². The fourth-order valence-electron chi connectivity index (χ4n) is 3.48. The average molecular weight is 396 g/mol. The van der Waals surface area contributed by atoms with Gasteiger partial charge in [0.05, 0.1) is 0 Å². The Bertz CT molecular complexity index is 1020. The number of aromatic nitrogens is 1. The molecule has 0 unspecified atom stereocenters. The van der Waals surface area contributed by atoms with Crippen LogP contribution in [0.2, 0.25) is 0 Å². The number of rotatable bonds is 6. The first-order valence-electron chi connectivity index (χ1n) is 9.65. The summed E-state index contributed by atoms with van der Waals surface area (Å²) in [5.41, 5.74) is 1.35. The van der Waals surface area contributed by atoms with E-state index in [1.807, 2.05) is 42.7 Å². The molecule has 2 aromatic rings. The highest BCUT2D eigenvalue weighted by Crippen LogP contribution is 2.25. The van der Waals surface area contributed by atoms with Crippen LogP contribution in [-0.2, 0) is 20.9 Å². The van der Waals surface area contributed by atoms with Crippen molar-refractivity contribution >= 4 is 40.7 Å². The zero-order valence-electron chi connectivity index (χ0n) is 16.8. The molecule has 2 heterocycles. The molecule has 0 spiro atoms. The number of carbonyl (C=O) groups excluding carboxylic acids is 4. The molecule has 152 valence electrons. The molecule has 8 nitrogen and oxygen atoms in total. The van der Waals surface area contributed by atoms with Crippen molar-refractivity contribution in [2.24, 2.45) is 0 Å². The maximum Gasteiger partial charge on any atom is 0.331 e. The number of hydrogen-bond donors (Lipinski definition) is 1. The van der Waals surface area contributed by atoms with Crippen LogP contribution in [0.5, 0.6) is 0 Å². The fourth-order valence-corrected chi connectivity index (χ4v) is 3.48. The van der Waals surface area contributed by atoms with Gasteiger partial charge in [0.1, 0.15) is 12.1 Å². The highest BCUT2D eigenvalue weighted by Gasteiger charge is 2.34. The summed E-state index contributed by atoms with van der Waals surface area (Å²) < 4.78 is 1.82. The SMILES string of the molecule is CCN(CC)C(=O)Cn1cc(/C=C2/C(=O)NC(=O)N(CC)C2=O)c2ccccc21. The van der Waals surface area contributed by atoms with Crippen molar-refractivity contribution in [1.29, 1.82) is 0 Å². The second-order valence-corrected chi connectivity index (χ2v) is 6.66. The molecule has 3 rings (SSSR count). The van der Waals surface area contributed by atoms with Crippen LogP contribution in [0.3, 0.4) is 0 Å². The number of para-hydroxylation sites is 1. The van der Waals surface area contributed by atoms with Gasteiger partial charge in [-0.2, -0.15) is 0 Å². The smallest absolute Gasteiger partial charge is 0.331 e. The number of fused-ring (bicyclic) bond motifs is 1. The molecule has 29 heavy (non-hydrogen) atoms. The second kappa shape index (κ2) is 8.30. The maximum absolute atomic E-state index is 12.6. The lowest BCUT2D eigenvalue weighted by atomic mass is 10.1. The third-order valence-electron chi connectivity index (χ3n) is 5.04. The van der Waals surface area contributed by atoms with Crippen LogP contribution < -0.4 is 5.32 Å². The highest BCUT2D eigenvalue weighted by atomic mass is 16.2. The molecule has 1 aromatic carbocycles. The number of hydrogen-bond acceptors (Lipinski definition) is 4. The van der Waals surface area contributed by atoms with E-state index in [0.717, 1.165) is 15.8 Å². The van der Waals surface area contributed by atoms with Crippen LogP contribution in [0.25, 0.3) is 17.0 Å². The number of amides is 5. The van der Waals surface area contributed by atoms with Gasteiger partial charge >= 0.3 is 6.03 Å². The van der Waals surface area contributed by atoms with E-state index in [1.54, 1.807) is 18.0 Å². The molecule has 1 aliphatic heterocycles. The molecule has 0 saturated carbocycles. The van der Waals surface area contributed by atoms with Crippen molar-refractivity contribution in [1.82, 2.24) is 19.7 Å². The Balaban J connectivity index is 2.03. The quantitative estimate of drug-likeness (QED) is 0.597. The van der Waals surface area contributed by atoms with Crippen molar-refractivity contribution in [2.75, 3.05) is 19.6 Å². The highest BCUT2D eigenvalue weighted by molar-refractivity contribution is 6.31. The van der Waals surface area contributed by atoms with E-state index in [0.29, 0.717) is 18.7 Å². The van der Waals surface area contributed by atoms with Gasteiger partial charge in [-0.3, -0.25) is 24.6 Å². The predicted octanol–water partition coefficient (Wildman–Crippen LogP) is 1.99. The van der Waals surface area contributed by atoms with Crippen molar-refractivity contribution in [3.63, 3.8) is 0 Å². The Morgan fingerprint density at radius 3 is 2.45 bits per heavy atom. The van der Waals surface area contributed by atoms with Crippen LogP contribution in [0.15, 0.2) is 36.0 Å². The molecule has 1 N–H and O–H groups in total. The molecule has 8 heteroatoms. The van der Waals surface area contributed by atoms with E-state index in [2.05, 4.69) is 5.32 Å². The van der Waals surface area contributed by atoms with Gasteiger partial charge in [0.15, 0.2) is 0 Å². The first-order valence-corrected chi connectivity index (χ1v) is 9.65. The zero-order chi connectivity index (χ0) is 21.1. The minimum atomic E-state index is -0.722. The first kappa shape index (κ1) is 20.3. The van der Waals surface area contributed by atoms with Gasteiger partial charge in [-0.1, -0.05) is 18.2 Å². The molecule has 0 radical (unpaired) electrons. The Labute approximate surface area is 168 Å². The van der Waals surface area contributed by atoms with Gasteiger partial charge in [0.2, 0.25) is 5.91 Å². The first-order chi connectivity index (χ1) is 13.9. The third kappa shape index (κ3) is 3.78. The number of benzene rings is 1. The lowest BCUT2D eigenvalue weighted by Crippen LogP contribution is -2.53. The number of likely N-dealkylation sites (N-methyl/N-ethyl adjacent to an activating group) is 2. The number of imide groups is 2. The van der Waals surface area contributed by atoms with Crippen LogP contribution in [0.1, 0.15) is 26.3 Å². The van der Waals surface area contributed by atoms with E-state index in [1.165, 1.54) is 6.08 Å². The molecule has 0 aliphatic carbocycles. The van der Waals surface area contributed by atoms with Gasteiger partial charge in [0.25, 0.3) is 11.8 Å². The van der Waals surface area contributed by atoms with E-state index in [4.69, 9.17) is 0 Å². The van der Waals surface area contributed by atoms with Crippen LogP contribution in [0, 0.1) is 0 Å². The van der Waals surface area contributed by atoms with Crippen LogP contribution >= 0.6 is 0 Å². The van der Waals surface area contributed by atoms with Crippen molar-refractivity contribution in [3.8, 4) is 0 Å². The molecule has 1 aromatic heterocycles. The van der Waals surface area contributed by atoms with Gasteiger partial charge in [-0.25, -0.2) is 4.79 Å². The van der Waals surface area contributed by atoms with Crippen molar-refractivity contribution in [3.05, 3.63) is 41.6 Å². The van der Waals surface area contributed by atoms with E-state index in [9.17, 15) is 19.2 Å². The summed E-state index contributed by atoms with van der Waals surface area (Å²) in [6, 6.07) is 6.76. The lowest BCUT2D eigenvalue weighted by Gasteiger charge is -2.24. The number of nitrogens with one attached hydrogen (secondary N) is 1. The number of nitrogens with zero attached hydrogens (tertiary/aromatic N) is 3. The third-order valence-corrected chi connectivity index (χ3v) is 5.04. The zero-order valence-corrected chi connectivity index (χ0v) is 16.8. The van der Waals surface area contributed by atoms with Gasteiger partial charge in [0, 0.05) is 42.3 Å². The molecule has 5 amide bonds. The molecular weight excluding hydrogens is 372 g/mol. The largest absolute Gasteiger partial charge is 0.342 e. The Morgan fingerprint density at radius 1 is 1.10 bits per heavy atom. The van der Waals surface area contributed by atoms with Gasteiger partial charge in [-0.15, -0.1) is 0 Å². The minimum Gasteiger partial charge on any atom is -0.342 e. The summed E-state index contributed by atoms with van der Waals surface area (Å²) in [4.78, 5) is 51.9. The minimum absolute atomic E-state index is 0.0100. The molecule has 1 saturated heterocycles. The standard InChI is InChI=1S/C21H24N4O4/c1-4-23(5-2)18(26)13-24-12-14(15-9-7-8-10-17(15)24)11-16-19(27)22-21(29)25(6-3)20(16)28/h7-12H,4-6,13H2,1-3H3,(H,22,27,29)/b16-11-. The summed E-state index contributed by atoms with van der Waals surface area (Å²) in [6.07, 6.45) is 3.24. The fraction of sp³-hybridized carbons (Fsp3) is 0.333. The molecule has 0 bridgehead atoms. The van der Waals surface area contributed by atoms with Gasteiger partial charge in [-0.05, 0) is 32.9 Å². The van der Waals surface area contributed by atoms with E-state index >= 15 is 0 Å².